The van der Waals surface area contributed by atoms with Gasteiger partial charge in [0.1, 0.15) is 11.5 Å². The summed E-state index contributed by atoms with van der Waals surface area (Å²) < 4.78 is 16.5. The number of ether oxygens (including phenoxy) is 2. The third-order valence-corrected chi connectivity index (χ3v) is 25.3. The maximum atomic E-state index is 8.25. The van der Waals surface area contributed by atoms with Crippen molar-refractivity contribution in [3.05, 3.63) is 217 Å². The Labute approximate surface area is 536 Å². The van der Waals surface area contributed by atoms with Gasteiger partial charge >= 0.3 is 24.5 Å². The van der Waals surface area contributed by atoms with Crippen LogP contribution in [-0.4, -0.2) is 24.5 Å². The summed E-state index contributed by atoms with van der Waals surface area (Å²) in [7, 11) is 0. The van der Waals surface area contributed by atoms with E-state index in [0.717, 1.165) is 28.4 Å². The van der Waals surface area contributed by atoms with Crippen molar-refractivity contribution in [1.82, 2.24) is 0 Å². The lowest BCUT2D eigenvalue weighted by molar-refractivity contribution is 0.00115. The third-order valence-electron chi connectivity index (χ3n) is 20.3. The zero-order valence-electron chi connectivity index (χ0n) is 49.7. The second kappa shape index (κ2) is 17.4. The molecule has 0 radical (unpaired) electrons. The number of fused-ring (bicyclic) bond motifs is 6. The molecule has 0 atom stereocenters. The molecule has 10 heterocycles. The Kier molecular flexibility index (Phi) is 9.93. The molecule has 10 aliphatic rings. The van der Waals surface area contributed by atoms with Crippen molar-refractivity contribution in [3.63, 3.8) is 0 Å². The van der Waals surface area contributed by atoms with Gasteiger partial charge in [-0.3, -0.25) is 0 Å². The van der Waals surface area contributed by atoms with E-state index in [4.69, 9.17) is 9.47 Å². The lowest BCUT2D eigenvalue weighted by Crippen LogP contribution is -2.59. The summed E-state index contributed by atoms with van der Waals surface area (Å²) in [5.41, 5.74) is 33.4. The van der Waals surface area contributed by atoms with Crippen LogP contribution < -0.4 is 50.6 Å². The van der Waals surface area contributed by atoms with E-state index in [1.165, 1.54) is 153 Å². The summed E-state index contributed by atoms with van der Waals surface area (Å²) in [5, 5.41) is 0. The van der Waals surface area contributed by atoms with Crippen LogP contribution in [0.15, 0.2) is 220 Å². The molecule has 0 bridgehead atoms. The second-order valence-electron chi connectivity index (χ2n) is 27.1. The fourth-order valence-corrected chi connectivity index (χ4v) is 22.6. The summed E-state index contributed by atoms with van der Waals surface area (Å²) in [5.74, 6) is 1.86. The first kappa shape index (κ1) is 50.7. The molecule has 14 heteroatoms. The van der Waals surface area contributed by atoms with E-state index in [9.17, 15) is 0 Å². The summed E-state index contributed by atoms with van der Waals surface area (Å²) in [6.45, 7) is 14.2. The number of nitrogens with zero attached hydrogens (tertiary/aromatic N) is 4. The van der Waals surface area contributed by atoms with E-state index in [1.54, 1.807) is 0 Å². The van der Waals surface area contributed by atoms with Crippen LogP contribution in [-0.2, 0) is 10.8 Å². The smallest absolute Gasteiger partial charge is 0.368 e. The molecule has 0 unspecified atom stereocenters. The molecule has 11 aromatic rings. The van der Waals surface area contributed by atoms with E-state index in [-0.39, 0.29) is 35.3 Å². The van der Waals surface area contributed by atoms with Crippen LogP contribution in [0.5, 0.6) is 11.5 Å². The van der Waals surface area contributed by atoms with Gasteiger partial charge in [-0.25, -0.2) is 0 Å². The van der Waals surface area contributed by atoms with Crippen LogP contribution in [0.4, 0.5) is 45.5 Å². The SMILES string of the molecule is CC(C)(C)c1cc2c3c(c1)SB1c4c5c(c6c(c4-3)B(S2)N(c2ccccc2)c2ccccc2-6)OC2Oc3c4c6c7c8c3-c3c(cc(c-5c32)N1c1ccccc1)N(c1ccccc1)B8Sc1cc(C(C)(C)C)cc(c1-7)SB6N(c1ccccc1)c1ccccc1-4. The topological polar surface area (TPSA) is 31.4 Å². The molecule has 0 aromatic heterocycles. The fraction of sp³-hybridized carbons (Fsp3) is 0.120. The van der Waals surface area contributed by atoms with Crippen molar-refractivity contribution < 1.29 is 9.47 Å². The zero-order chi connectivity index (χ0) is 58.8. The summed E-state index contributed by atoms with van der Waals surface area (Å²) >= 11 is 8.06. The molecule has 0 N–H and O–H groups in total. The van der Waals surface area contributed by atoms with Gasteiger partial charge in [0.25, 0.3) is 6.29 Å². The summed E-state index contributed by atoms with van der Waals surface area (Å²) in [6.07, 6.45) is -1.29. The van der Waals surface area contributed by atoms with Crippen molar-refractivity contribution in [2.24, 2.45) is 0 Å². The zero-order valence-corrected chi connectivity index (χ0v) is 52.9. The Balaban J connectivity index is 0.941. The van der Waals surface area contributed by atoms with E-state index in [1.807, 2.05) is 46.5 Å². The summed E-state index contributed by atoms with van der Waals surface area (Å²) in [4.78, 5) is 16.0. The van der Waals surface area contributed by atoms with Gasteiger partial charge in [-0.15, -0.1) is 46.5 Å². The van der Waals surface area contributed by atoms with Gasteiger partial charge in [0.2, 0.25) is 0 Å². The highest BCUT2D eigenvalue weighted by Crippen LogP contribution is 2.69. The molecule has 89 heavy (non-hydrogen) atoms. The largest absolute Gasteiger partial charge is 0.449 e. The lowest BCUT2D eigenvalue weighted by atomic mass is 9.54. The Morgan fingerprint density at radius 1 is 0.315 bits per heavy atom. The van der Waals surface area contributed by atoms with E-state index in [2.05, 4.69) is 261 Å². The van der Waals surface area contributed by atoms with Crippen molar-refractivity contribution in [2.75, 3.05) is 19.2 Å². The Hall–Kier alpha value is -8.12. The average molecular weight is 1210 g/mol. The molecule has 21 rings (SSSR count). The molecule has 0 fully saturated rings. The van der Waals surface area contributed by atoms with E-state index in [0.29, 0.717) is 0 Å². The van der Waals surface area contributed by atoms with Crippen LogP contribution >= 0.6 is 46.5 Å². The van der Waals surface area contributed by atoms with E-state index < -0.39 is 6.29 Å². The van der Waals surface area contributed by atoms with Crippen LogP contribution in [0.2, 0.25) is 0 Å². The number of hydrogen-bond acceptors (Lipinski definition) is 10. The maximum Gasteiger partial charge on any atom is 0.368 e. The Morgan fingerprint density at radius 2 is 0.618 bits per heavy atom. The van der Waals surface area contributed by atoms with Gasteiger partial charge in [0.15, 0.2) is 0 Å². The first-order valence-corrected chi connectivity index (χ1v) is 34.6. The minimum Gasteiger partial charge on any atom is -0.449 e. The molecule has 0 aliphatic carbocycles. The molecule has 0 saturated carbocycles. The number of hydrogen-bond donors (Lipinski definition) is 0. The number of para-hydroxylation sites is 6. The van der Waals surface area contributed by atoms with Crippen LogP contribution in [0.1, 0.15) is 64.5 Å². The van der Waals surface area contributed by atoms with Crippen LogP contribution in [0.25, 0.3) is 66.8 Å². The average Bonchev–Trinajstić information content (AvgIpc) is 0.659. The van der Waals surface area contributed by atoms with Crippen molar-refractivity contribution in [2.45, 2.75) is 78.2 Å². The molecule has 6 nitrogen and oxygen atoms in total. The highest BCUT2D eigenvalue weighted by atomic mass is 32.2. The Morgan fingerprint density at radius 3 is 0.955 bits per heavy atom. The molecule has 11 aromatic carbocycles. The highest BCUT2D eigenvalue weighted by molar-refractivity contribution is 8.29. The number of rotatable bonds is 4. The van der Waals surface area contributed by atoms with Gasteiger partial charge in [-0.05, 0) is 146 Å². The molecule has 420 valence electrons. The van der Waals surface area contributed by atoms with Crippen molar-refractivity contribution in [1.29, 1.82) is 0 Å². The monoisotopic (exact) mass is 1210 g/mol. The summed E-state index contributed by atoms with van der Waals surface area (Å²) in [6, 6.07) is 75.8. The van der Waals surface area contributed by atoms with Gasteiger partial charge < -0.3 is 28.7 Å². The molecular weight excluding hydrogens is 1160 g/mol. The first-order valence-electron chi connectivity index (χ1n) is 31.1. The van der Waals surface area contributed by atoms with Gasteiger partial charge in [-0.1, -0.05) is 151 Å². The predicted octanol–water partition coefficient (Wildman–Crippen LogP) is 17.9. The van der Waals surface area contributed by atoms with Crippen molar-refractivity contribution >= 4 is 138 Å². The van der Waals surface area contributed by atoms with Gasteiger partial charge in [0, 0.05) is 121 Å². The molecule has 0 saturated heterocycles. The number of benzene rings is 11. The minimum atomic E-state index is -0.796. The highest BCUT2D eigenvalue weighted by Gasteiger charge is 2.60. The molecule has 0 spiro atoms. The lowest BCUT2D eigenvalue weighted by Gasteiger charge is -2.53. The minimum absolute atomic E-state index is 0.0836. The fourth-order valence-electron chi connectivity index (χ4n) is 16.6. The molecule has 0 amide bonds. The third kappa shape index (κ3) is 6.46. The van der Waals surface area contributed by atoms with Gasteiger partial charge in [0.05, 0.1) is 5.56 Å². The van der Waals surface area contributed by atoms with Crippen molar-refractivity contribution in [3.8, 4) is 78.3 Å². The Bertz CT molecular complexity index is 4770. The standard InChI is InChI=1S/C75H52B4N4O2S4/c1-74(2,3)40-35-52-60-54(37-40)88-78-69-63(60)67-56(46-31-19-21-33-48(46)80(76(67)86-52)42-23-11-7-12-24-42)71-65(69)58-50(82(78)44-27-15-9-16-28-44)39-51-59-62(58)73(84-71)85-72-57-47-32-20-22-34-49(47)81(43-25-13-8-14-26-43)77-68(57)64-61-53(87-77)36-41(75(4,5)6)38-55(61)89-79(70(64)66(59)72)83(51)45-29-17-10-18-30-45/h7-39,73H,1-6H3. The predicted molar refractivity (Wildman–Crippen MR) is 380 cm³/mol. The molecule has 10 aliphatic heterocycles. The van der Waals surface area contributed by atoms with Crippen LogP contribution in [0.3, 0.4) is 0 Å². The second-order valence-corrected chi connectivity index (χ2v) is 31.6. The van der Waals surface area contributed by atoms with Gasteiger partial charge in [-0.2, -0.15) is 0 Å². The number of anilines is 8. The molecular formula is C75H52B4N4O2S4. The van der Waals surface area contributed by atoms with Crippen LogP contribution in [0, 0.1) is 0 Å². The van der Waals surface area contributed by atoms with E-state index >= 15 is 0 Å². The first-order chi connectivity index (χ1) is 43.5. The normalized spacial score (nSPS) is 16.2. The quantitative estimate of drug-likeness (QED) is 0.159. The maximum absolute atomic E-state index is 8.25.